The van der Waals surface area contributed by atoms with E-state index in [0.29, 0.717) is 0 Å². The Labute approximate surface area is 149 Å². The molecule has 0 unspecified atom stereocenters. The van der Waals surface area contributed by atoms with E-state index >= 15 is 0 Å². The van der Waals surface area contributed by atoms with Crippen molar-refractivity contribution < 1.29 is 27.9 Å². The van der Waals surface area contributed by atoms with E-state index in [4.69, 9.17) is 23.2 Å². The first kappa shape index (κ1) is 20.7. The van der Waals surface area contributed by atoms with Crippen LogP contribution in [-0.2, 0) is 24.3 Å². The number of rotatable bonds is 7. The van der Waals surface area contributed by atoms with Crippen molar-refractivity contribution in [3.8, 4) is 0 Å². The van der Waals surface area contributed by atoms with Crippen LogP contribution in [0.25, 0.3) is 0 Å². The van der Waals surface area contributed by atoms with Crippen molar-refractivity contribution in [2.45, 2.75) is 24.0 Å². The highest BCUT2D eigenvalue weighted by Crippen LogP contribution is 2.25. The molecule has 11 heteroatoms. The minimum atomic E-state index is -4.19. The minimum Gasteiger partial charge on any atom is -0.454 e. The zero-order valence-electron chi connectivity index (χ0n) is 12.7. The van der Waals surface area contributed by atoms with Crippen LogP contribution in [0, 0.1) is 0 Å². The quantitative estimate of drug-likeness (QED) is 0.568. The van der Waals surface area contributed by atoms with E-state index in [1.165, 1.54) is 26.1 Å². The summed E-state index contributed by atoms with van der Waals surface area (Å²) in [5.74, 6) is -1.68. The van der Waals surface area contributed by atoms with Crippen molar-refractivity contribution in [2.24, 2.45) is 0 Å². The number of nitrogens with one attached hydrogen (secondary N) is 2. The highest BCUT2D eigenvalue weighted by Gasteiger charge is 2.31. The number of benzene rings is 1. The van der Waals surface area contributed by atoms with Gasteiger partial charge in [-0.25, -0.2) is 8.42 Å². The van der Waals surface area contributed by atoms with Gasteiger partial charge in [-0.05, 0) is 25.1 Å². The normalized spacial score (nSPS) is 13.9. The molecule has 1 amide bonds. The maximum absolute atomic E-state index is 12.3. The Hall–Kier alpha value is -1.39. The number of likely N-dealkylation sites (N-methyl/N-ethyl adjacent to an activating group) is 1. The predicted molar refractivity (Wildman–Crippen MR) is 87.3 cm³/mol. The standard InChI is InChI=1S/C13H16Cl2N2O6S/c1-7(18)12(13(20)23-6-11(19)16-2)17-24(21,22)8-3-4-9(14)10(15)5-8/h3-5,7,12,17-18H,6H2,1-2H3,(H,16,19)/t7-,12-/m0/s1. The number of halogens is 2. The molecule has 0 radical (unpaired) electrons. The third-order valence-electron chi connectivity index (χ3n) is 2.84. The molecule has 3 N–H and O–H groups in total. The molecule has 134 valence electrons. The lowest BCUT2D eigenvalue weighted by atomic mass is 10.2. The number of carbonyl (C=O) groups is 2. The molecule has 8 nitrogen and oxygen atoms in total. The average molecular weight is 399 g/mol. The third-order valence-corrected chi connectivity index (χ3v) is 5.02. The molecule has 0 aliphatic heterocycles. The second-order valence-electron chi connectivity index (χ2n) is 4.70. The van der Waals surface area contributed by atoms with Crippen molar-refractivity contribution in [3.63, 3.8) is 0 Å². The molecule has 0 aromatic heterocycles. The Kier molecular flexibility index (Phi) is 7.43. The minimum absolute atomic E-state index is 0.00957. The second-order valence-corrected chi connectivity index (χ2v) is 7.22. The van der Waals surface area contributed by atoms with Crippen molar-refractivity contribution >= 4 is 45.1 Å². The first-order valence-corrected chi connectivity index (χ1v) is 8.85. The summed E-state index contributed by atoms with van der Waals surface area (Å²) in [6.07, 6.45) is -1.40. The van der Waals surface area contributed by atoms with Crippen LogP contribution in [0.15, 0.2) is 23.1 Å². The van der Waals surface area contributed by atoms with E-state index < -0.39 is 40.7 Å². The van der Waals surface area contributed by atoms with E-state index in [-0.39, 0.29) is 14.9 Å². The van der Waals surface area contributed by atoms with Crippen LogP contribution in [0.4, 0.5) is 0 Å². The molecule has 0 aliphatic carbocycles. The SMILES string of the molecule is CNC(=O)COC(=O)[C@@H](NS(=O)(=O)c1ccc(Cl)c(Cl)c1)[C@H](C)O. The topological polar surface area (TPSA) is 122 Å². The van der Waals surface area contributed by atoms with Gasteiger partial charge in [0.05, 0.1) is 21.0 Å². The third kappa shape index (κ3) is 5.60. The van der Waals surface area contributed by atoms with E-state index in [2.05, 4.69) is 10.1 Å². The summed E-state index contributed by atoms with van der Waals surface area (Å²) in [7, 11) is -2.84. The molecule has 1 rings (SSSR count). The highest BCUT2D eigenvalue weighted by atomic mass is 35.5. The molecule has 0 fully saturated rings. The molecule has 0 saturated heterocycles. The number of sulfonamides is 1. The van der Waals surface area contributed by atoms with Crippen LogP contribution in [-0.4, -0.2) is 51.2 Å². The monoisotopic (exact) mass is 398 g/mol. The molecule has 24 heavy (non-hydrogen) atoms. The lowest BCUT2D eigenvalue weighted by Crippen LogP contribution is -2.49. The fourth-order valence-corrected chi connectivity index (χ4v) is 3.17. The highest BCUT2D eigenvalue weighted by molar-refractivity contribution is 7.89. The van der Waals surface area contributed by atoms with Crippen LogP contribution >= 0.6 is 23.2 Å². The summed E-state index contributed by atoms with van der Waals surface area (Å²) in [5, 5.41) is 12.0. The maximum Gasteiger partial charge on any atom is 0.327 e. The van der Waals surface area contributed by atoms with Crippen LogP contribution in [0.1, 0.15) is 6.92 Å². The molecule has 0 aliphatic rings. The number of esters is 1. The van der Waals surface area contributed by atoms with Crippen molar-refractivity contribution in [1.29, 1.82) is 0 Å². The van der Waals surface area contributed by atoms with Gasteiger partial charge in [0.2, 0.25) is 10.0 Å². The Bertz CT molecular complexity index is 723. The number of hydrogen-bond donors (Lipinski definition) is 3. The van der Waals surface area contributed by atoms with Crippen LogP contribution < -0.4 is 10.0 Å². The van der Waals surface area contributed by atoms with Gasteiger partial charge in [0.15, 0.2) is 6.61 Å². The zero-order chi connectivity index (χ0) is 18.5. The van der Waals surface area contributed by atoms with Gasteiger partial charge in [-0.2, -0.15) is 4.72 Å². The summed E-state index contributed by atoms with van der Waals surface area (Å²) in [6.45, 7) is 0.593. The van der Waals surface area contributed by atoms with Gasteiger partial charge >= 0.3 is 5.97 Å². The van der Waals surface area contributed by atoms with Gasteiger partial charge < -0.3 is 15.2 Å². The summed E-state index contributed by atoms with van der Waals surface area (Å²) in [6, 6.07) is 1.96. The van der Waals surface area contributed by atoms with Crippen molar-refractivity contribution in [3.05, 3.63) is 28.2 Å². The molecule has 2 atom stereocenters. The fraction of sp³-hybridized carbons (Fsp3) is 0.385. The number of amides is 1. The van der Waals surface area contributed by atoms with Crippen LogP contribution in [0.3, 0.4) is 0 Å². The largest absolute Gasteiger partial charge is 0.454 e. The molecule has 0 saturated carbocycles. The van der Waals surface area contributed by atoms with Crippen molar-refractivity contribution in [1.82, 2.24) is 10.0 Å². The smallest absolute Gasteiger partial charge is 0.327 e. The Morgan fingerprint density at radius 1 is 1.29 bits per heavy atom. The van der Waals surface area contributed by atoms with Gasteiger partial charge in [-0.1, -0.05) is 23.2 Å². The molecule has 0 spiro atoms. The van der Waals surface area contributed by atoms with Gasteiger partial charge in [0.1, 0.15) is 6.04 Å². The average Bonchev–Trinajstić information content (AvgIpc) is 2.52. The fourth-order valence-electron chi connectivity index (χ4n) is 1.52. The second kappa shape index (κ2) is 8.63. The van der Waals surface area contributed by atoms with Gasteiger partial charge in [0, 0.05) is 7.05 Å². The molecule has 1 aromatic carbocycles. The number of aliphatic hydroxyl groups is 1. The summed E-state index contributed by atoms with van der Waals surface area (Å²) >= 11 is 11.5. The van der Waals surface area contributed by atoms with E-state index in [1.54, 1.807) is 0 Å². The summed E-state index contributed by atoms with van der Waals surface area (Å²) in [4.78, 5) is 22.7. The van der Waals surface area contributed by atoms with Gasteiger partial charge in [0.25, 0.3) is 5.91 Å². The first-order chi connectivity index (χ1) is 11.1. The molecule has 0 heterocycles. The van der Waals surface area contributed by atoms with Crippen molar-refractivity contribution in [2.75, 3.05) is 13.7 Å². The van der Waals surface area contributed by atoms with Crippen LogP contribution in [0.2, 0.25) is 10.0 Å². The Morgan fingerprint density at radius 2 is 1.92 bits per heavy atom. The van der Waals surface area contributed by atoms with E-state index in [1.807, 2.05) is 4.72 Å². The van der Waals surface area contributed by atoms with Crippen LogP contribution in [0.5, 0.6) is 0 Å². The van der Waals surface area contributed by atoms with Gasteiger partial charge in [-0.3, -0.25) is 9.59 Å². The lowest BCUT2D eigenvalue weighted by molar-refractivity contribution is -0.152. The zero-order valence-corrected chi connectivity index (χ0v) is 15.1. The Balaban J connectivity index is 2.95. The lowest BCUT2D eigenvalue weighted by Gasteiger charge is -2.20. The Morgan fingerprint density at radius 3 is 2.42 bits per heavy atom. The summed E-state index contributed by atoms with van der Waals surface area (Å²) in [5.41, 5.74) is 0. The molecular formula is C13H16Cl2N2O6S. The number of carbonyl (C=O) groups excluding carboxylic acids is 2. The number of ether oxygens (including phenoxy) is 1. The van der Waals surface area contributed by atoms with Gasteiger partial charge in [-0.15, -0.1) is 0 Å². The number of hydrogen-bond acceptors (Lipinski definition) is 6. The first-order valence-electron chi connectivity index (χ1n) is 6.61. The molecule has 1 aromatic rings. The molecular weight excluding hydrogens is 383 g/mol. The number of aliphatic hydroxyl groups excluding tert-OH is 1. The maximum atomic E-state index is 12.3. The molecule has 0 bridgehead atoms. The predicted octanol–water partition coefficient (Wildman–Crippen LogP) is 0.310. The summed E-state index contributed by atoms with van der Waals surface area (Å²) < 4.78 is 31.3. The van der Waals surface area contributed by atoms with E-state index in [9.17, 15) is 23.1 Å². The van der Waals surface area contributed by atoms with E-state index in [0.717, 1.165) is 6.07 Å².